The van der Waals surface area contributed by atoms with Gasteiger partial charge in [0.2, 0.25) is 0 Å². The van der Waals surface area contributed by atoms with Crippen LogP contribution in [0.3, 0.4) is 0 Å². The van der Waals surface area contributed by atoms with Crippen LogP contribution in [0.4, 0.5) is 0 Å². The van der Waals surface area contributed by atoms with Gasteiger partial charge in [-0.2, -0.15) is 0 Å². The van der Waals surface area contributed by atoms with Crippen LogP contribution in [0.15, 0.2) is 0 Å². The van der Waals surface area contributed by atoms with Crippen LogP contribution in [0, 0.1) is 10.2 Å². The summed E-state index contributed by atoms with van der Waals surface area (Å²) in [6.07, 6.45) is 10.7. The van der Waals surface area contributed by atoms with Gasteiger partial charge in [0, 0.05) is 25.7 Å². The van der Waals surface area contributed by atoms with Crippen LogP contribution in [0.25, 0.3) is 0 Å². The second-order valence-corrected chi connectivity index (χ2v) is 6.54. The first-order chi connectivity index (χ1) is 7.87. The van der Waals surface area contributed by atoms with Crippen LogP contribution in [0.2, 0.25) is 0 Å². The minimum atomic E-state index is -4.19. The van der Waals surface area contributed by atoms with E-state index in [1.165, 1.54) is 45.2 Å². The molecule has 0 aromatic carbocycles. The molecular formula is C11H23ClNO4+. The van der Waals surface area contributed by atoms with Gasteiger partial charge in [-0.1, -0.05) is 6.42 Å². The second-order valence-electron chi connectivity index (χ2n) is 5.68. The summed E-state index contributed by atoms with van der Waals surface area (Å²) in [5.41, 5.74) is 0.842. The standard InChI is InChI=1S/C11H20N.ClH3O4/c1-2-6-11(7-3-1)10-12(11)8-4-5-9-12;2-1(3,4)5/h1-10H2;2-4H/q+1;. The zero-order valence-electron chi connectivity index (χ0n) is 10.1. The summed E-state index contributed by atoms with van der Waals surface area (Å²) in [5, 5.41) is 0. The number of hydrogen-bond acceptors (Lipinski definition) is 4. The molecule has 2 saturated heterocycles. The van der Waals surface area contributed by atoms with E-state index in [0.717, 1.165) is 5.54 Å². The van der Waals surface area contributed by atoms with Crippen LogP contribution in [-0.4, -0.2) is 43.6 Å². The van der Waals surface area contributed by atoms with Crippen LogP contribution in [-0.2, 0) is 0 Å². The van der Waals surface area contributed by atoms with Gasteiger partial charge in [0.05, 0.1) is 13.1 Å². The monoisotopic (exact) mass is 268 g/mol. The molecule has 3 fully saturated rings. The van der Waals surface area contributed by atoms with Gasteiger partial charge in [0.25, 0.3) is 0 Å². The van der Waals surface area contributed by atoms with Gasteiger partial charge in [-0.25, -0.2) is 0 Å². The van der Waals surface area contributed by atoms with Crippen LogP contribution in [0.1, 0.15) is 44.9 Å². The molecule has 5 nitrogen and oxygen atoms in total. The molecule has 0 unspecified atom stereocenters. The van der Waals surface area contributed by atoms with Gasteiger partial charge < -0.3 is 4.48 Å². The molecule has 0 bridgehead atoms. The van der Waals surface area contributed by atoms with Crippen molar-refractivity contribution < 1.29 is 33.4 Å². The fourth-order valence-corrected chi connectivity index (χ4v) is 3.94. The maximum absolute atomic E-state index is 8.83. The molecule has 1 aliphatic carbocycles. The SMILES string of the molecule is C1CCC2(CC1)C[N+]21CCCC1.[O-][Cl+](O)(O)O. The fourth-order valence-electron chi connectivity index (χ4n) is 3.94. The Kier molecular flexibility index (Phi) is 3.69. The number of halogens is 1. The first-order valence-corrected chi connectivity index (χ1v) is 7.72. The number of quaternary nitrogens is 1. The van der Waals surface area contributed by atoms with Crippen LogP contribution < -0.4 is 4.66 Å². The molecular weight excluding hydrogens is 246 g/mol. The third-order valence-corrected chi connectivity index (χ3v) is 4.71. The molecule has 0 aromatic rings. The van der Waals surface area contributed by atoms with E-state index >= 15 is 0 Å². The third kappa shape index (κ3) is 3.10. The predicted molar refractivity (Wildman–Crippen MR) is 56.6 cm³/mol. The first kappa shape index (κ1) is 13.5. The quantitative estimate of drug-likeness (QED) is 0.407. The molecule has 6 heteroatoms. The van der Waals surface area contributed by atoms with Crippen molar-refractivity contribution in [2.75, 3.05) is 19.6 Å². The molecule has 0 aromatic heterocycles. The van der Waals surface area contributed by atoms with Crippen molar-refractivity contribution in [3.63, 3.8) is 0 Å². The van der Waals surface area contributed by atoms with Crippen molar-refractivity contribution in [3.8, 4) is 0 Å². The Morgan fingerprint density at radius 3 is 1.82 bits per heavy atom. The Bertz CT molecular complexity index is 261. The van der Waals surface area contributed by atoms with E-state index < -0.39 is 10.2 Å². The zero-order valence-corrected chi connectivity index (χ0v) is 10.9. The average molecular weight is 269 g/mol. The first-order valence-electron chi connectivity index (χ1n) is 6.39. The van der Waals surface area contributed by atoms with E-state index in [9.17, 15) is 0 Å². The van der Waals surface area contributed by atoms with Crippen molar-refractivity contribution in [1.29, 1.82) is 0 Å². The zero-order chi connectivity index (χ0) is 12.6. The van der Waals surface area contributed by atoms with E-state index in [1.54, 1.807) is 23.9 Å². The Morgan fingerprint density at radius 1 is 0.882 bits per heavy atom. The molecule has 0 radical (unpaired) electrons. The average Bonchev–Trinajstić information content (AvgIpc) is 2.59. The topological polar surface area (TPSA) is 83.8 Å². The Labute approximate surface area is 104 Å². The second kappa shape index (κ2) is 4.64. The van der Waals surface area contributed by atoms with Crippen molar-refractivity contribution in [2.45, 2.75) is 50.5 Å². The summed E-state index contributed by atoms with van der Waals surface area (Å²) in [6.45, 7) is 4.62. The van der Waals surface area contributed by atoms with E-state index in [1.807, 2.05) is 0 Å². The summed E-state index contributed by atoms with van der Waals surface area (Å²) in [4.78, 5) is 0. The number of rotatable bonds is 0. The Balaban J connectivity index is 0.000000188. The van der Waals surface area contributed by atoms with E-state index in [-0.39, 0.29) is 0 Å². The molecule has 17 heavy (non-hydrogen) atoms. The number of hydrogen-bond donors (Lipinski definition) is 3. The molecule has 2 aliphatic heterocycles. The van der Waals surface area contributed by atoms with Crippen LogP contribution >= 0.6 is 0 Å². The van der Waals surface area contributed by atoms with Crippen LogP contribution in [0.5, 0.6) is 0 Å². The molecule has 1 saturated carbocycles. The summed E-state index contributed by atoms with van der Waals surface area (Å²) in [7, 11) is -4.19. The third-order valence-electron chi connectivity index (χ3n) is 4.71. The molecule has 102 valence electrons. The fraction of sp³-hybridized carbons (Fsp3) is 1.00. The van der Waals surface area contributed by atoms with Crippen molar-refractivity contribution in [1.82, 2.24) is 0 Å². The van der Waals surface area contributed by atoms with Gasteiger partial charge in [-0.05, 0) is 12.8 Å². The Hall–Kier alpha value is 0.0900. The molecule has 0 amide bonds. The Morgan fingerprint density at radius 2 is 1.35 bits per heavy atom. The van der Waals surface area contributed by atoms with Gasteiger partial charge in [0.1, 0.15) is 12.1 Å². The van der Waals surface area contributed by atoms with Gasteiger partial charge in [-0.15, -0.1) is 0 Å². The van der Waals surface area contributed by atoms with E-state index in [0.29, 0.717) is 0 Å². The summed E-state index contributed by atoms with van der Waals surface area (Å²) >= 11 is 0. The van der Waals surface area contributed by atoms with Gasteiger partial charge >= 0.3 is 28.9 Å². The van der Waals surface area contributed by atoms with E-state index in [4.69, 9.17) is 18.6 Å². The molecule has 3 aliphatic rings. The summed E-state index contributed by atoms with van der Waals surface area (Å²) in [5.74, 6) is 0. The van der Waals surface area contributed by atoms with Gasteiger partial charge in [-0.3, -0.25) is 0 Å². The molecule has 2 spiro atoms. The van der Waals surface area contributed by atoms with E-state index in [2.05, 4.69) is 0 Å². The minimum absolute atomic E-state index is 0.842. The molecule has 3 N–H and O–H groups in total. The van der Waals surface area contributed by atoms with Crippen molar-refractivity contribution in [2.24, 2.45) is 0 Å². The normalized spacial score (nSPS) is 29.9. The van der Waals surface area contributed by atoms with Crippen molar-refractivity contribution >= 4 is 0 Å². The van der Waals surface area contributed by atoms with Crippen molar-refractivity contribution in [3.05, 3.63) is 0 Å². The number of nitrogens with zero attached hydrogens (tertiary/aromatic N) is 1. The number of fused-ring (bicyclic) bond motifs is 1. The summed E-state index contributed by atoms with van der Waals surface area (Å²) in [6, 6.07) is 0. The molecule has 3 rings (SSSR count). The van der Waals surface area contributed by atoms with Gasteiger partial charge in [0.15, 0.2) is 0 Å². The molecule has 0 atom stereocenters. The summed E-state index contributed by atoms with van der Waals surface area (Å²) < 4.78 is 31.8. The maximum atomic E-state index is 8.83. The molecule has 2 heterocycles. The predicted octanol–water partition coefficient (Wildman–Crippen LogP) is -0.546.